The molecule has 0 saturated heterocycles. The lowest BCUT2D eigenvalue weighted by atomic mass is 10.1. The van der Waals surface area contributed by atoms with Gasteiger partial charge in [-0.3, -0.25) is 9.55 Å². The molecule has 0 spiro atoms. The van der Waals surface area contributed by atoms with Crippen molar-refractivity contribution in [1.82, 2.24) is 19.1 Å². The molecule has 1 aliphatic carbocycles. The molecule has 0 fully saturated rings. The SMILES string of the molecule is c1cnc2c(c1)-c1cnc(-n3c4ccccc4c4cc(-n5c6ccccc6c6ccccc65)ccc43)c3cccc-2c13. The number of para-hydroxylation sites is 3. The monoisotopic (exact) mass is 534 g/mol. The largest absolute Gasteiger partial charge is 0.309 e. The Kier molecular flexibility index (Phi) is 4.15. The van der Waals surface area contributed by atoms with Crippen LogP contribution in [0.4, 0.5) is 0 Å². The van der Waals surface area contributed by atoms with Crippen molar-refractivity contribution >= 4 is 54.4 Å². The zero-order valence-electron chi connectivity index (χ0n) is 22.5. The molecule has 4 heteroatoms. The predicted molar refractivity (Wildman–Crippen MR) is 173 cm³/mol. The van der Waals surface area contributed by atoms with Gasteiger partial charge in [0, 0.05) is 67.1 Å². The summed E-state index contributed by atoms with van der Waals surface area (Å²) in [4.78, 5) is 9.87. The van der Waals surface area contributed by atoms with E-state index in [0.29, 0.717) is 0 Å². The molecule has 0 N–H and O–H groups in total. The number of pyridine rings is 2. The molecule has 0 saturated carbocycles. The maximum absolute atomic E-state index is 5.14. The quantitative estimate of drug-likeness (QED) is 0.221. The molecular formula is C38H22N4. The molecule has 4 heterocycles. The number of hydrogen-bond donors (Lipinski definition) is 0. The molecule has 5 aromatic carbocycles. The van der Waals surface area contributed by atoms with E-state index in [0.717, 1.165) is 44.7 Å². The number of rotatable bonds is 2. The third-order valence-corrected chi connectivity index (χ3v) is 8.95. The van der Waals surface area contributed by atoms with Gasteiger partial charge in [-0.25, -0.2) is 4.98 Å². The van der Waals surface area contributed by atoms with Gasteiger partial charge in [0.1, 0.15) is 5.82 Å². The maximum Gasteiger partial charge on any atom is 0.145 e. The zero-order valence-corrected chi connectivity index (χ0v) is 22.5. The highest BCUT2D eigenvalue weighted by atomic mass is 15.1. The Bertz CT molecular complexity index is 2500. The fraction of sp³-hybridized carbons (Fsp3) is 0. The van der Waals surface area contributed by atoms with Crippen molar-refractivity contribution in [3.8, 4) is 33.9 Å². The summed E-state index contributed by atoms with van der Waals surface area (Å²) in [6.07, 6.45) is 3.90. The van der Waals surface area contributed by atoms with Crippen LogP contribution in [0.1, 0.15) is 0 Å². The van der Waals surface area contributed by atoms with E-state index in [1.807, 2.05) is 18.5 Å². The van der Waals surface area contributed by atoms with Crippen LogP contribution in [0.15, 0.2) is 134 Å². The third kappa shape index (κ3) is 2.71. The number of fused-ring (bicyclic) bond motifs is 9. The molecule has 10 rings (SSSR count). The summed E-state index contributed by atoms with van der Waals surface area (Å²) < 4.78 is 4.72. The van der Waals surface area contributed by atoms with Crippen LogP contribution in [-0.2, 0) is 0 Å². The van der Waals surface area contributed by atoms with E-state index in [4.69, 9.17) is 9.97 Å². The molecule has 0 unspecified atom stereocenters. The molecule has 0 amide bonds. The molecule has 0 bridgehead atoms. The van der Waals surface area contributed by atoms with Crippen molar-refractivity contribution in [3.63, 3.8) is 0 Å². The summed E-state index contributed by atoms with van der Waals surface area (Å²) in [5.41, 5.74) is 10.4. The predicted octanol–water partition coefficient (Wildman–Crippen LogP) is 9.47. The minimum absolute atomic E-state index is 0.944. The Balaban J connectivity index is 1.28. The van der Waals surface area contributed by atoms with Gasteiger partial charge in [-0.2, -0.15) is 0 Å². The van der Waals surface area contributed by atoms with Crippen LogP contribution in [0, 0.1) is 0 Å². The topological polar surface area (TPSA) is 35.6 Å². The van der Waals surface area contributed by atoms with Crippen molar-refractivity contribution in [2.75, 3.05) is 0 Å². The van der Waals surface area contributed by atoms with Gasteiger partial charge in [0.15, 0.2) is 0 Å². The van der Waals surface area contributed by atoms with Crippen LogP contribution in [0.25, 0.3) is 88.3 Å². The number of nitrogens with zero attached hydrogens (tertiary/aromatic N) is 4. The van der Waals surface area contributed by atoms with Crippen LogP contribution < -0.4 is 0 Å². The Labute approximate surface area is 240 Å². The average molecular weight is 535 g/mol. The molecule has 0 aliphatic heterocycles. The summed E-state index contributed by atoms with van der Waals surface area (Å²) in [7, 11) is 0. The second-order valence-electron chi connectivity index (χ2n) is 11.0. The van der Waals surface area contributed by atoms with Gasteiger partial charge in [-0.05, 0) is 42.5 Å². The zero-order chi connectivity index (χ0) is 27.4. The minimum Gasteiger partial charge on any atom is -0.309 e. The van der Waals surface area contributed by atoms with Gasteiger partial charge < -0.3 is 4.57 Å². The molecule has 42 heavy (non-hydrogen) atoms. The highest BCUT2D eigenvalue weighted by molar-refractivity contribution is 6.17. The van der Waals surface area contributed by atoms with Crippen LogP contribution in [0.2, 0.25) is 0 Å². The fourth-order valence-electron chi connectivity index (χ4n) is 7.23. The number of hydrogen-bond acceptors (Lipinski definition) is 2. The Morgan fingerprint density at radius 2 is 1.05 bits per heavy atom. The van der Waals surface area contributed by atoms with E-state index < -0.39 is 0 Å². The number of aromatic nitrogens is 4. The van der Waals surface area contributed by atoms with Crippen molar-refractivity contribution in [2.45, 2.75) is 0 Å². The summed E-state index contributed by atoms with van der Waals surface area (Å²) in [6, 6.07) is 43.5. The van der Waals surface area contributed by atoms with Crippen LogP contribution in [0.5, 0.6) is 0 Å². The van der Waals surface area contributed by atoms with Crippen molar-refractivity contribution in [2.24, 2.45) is 0 Å². The molecule has 0 atom stereocenters. The van der Waals surface area contributed by atoms with Gasteiger partial charge in [0.2, 0.25) is 0 Å². The van der Waals surface area contributed by atoms with Crippen LogP contribution in [0.3, 0.4) is 0 Å². The van der Waals surface area contributed by atoms with E-state index in [9.17, 15) is 0 Å². The molecule has 0 radical (unpaired) electrons. The van der Waals surface area contributed by atoms with Gasteiger partial charge in [0.25, 0.3) is 0 Å². The molecular weight excluding hydrogens is 512 g/mol. The van der Waals surface area contributed by atoms with E-state index in [-0.39, 0.29) is 0 Å². The normalized spacial score (nSPS) is 12.3. The van der Waals surface area contributed by atoms with Crippen molar-refractivity contribution < 1.29 is 0 Å². The summed E-state index contributed by atoms with van der Waals surface area (Å²) in [6.45, 7) is 0. The Morgan fingerprint density at radius 3 is 1.81 bits per heavy atom. The van der Waals surface area contributed by atoms with Crippen molar-refractivity contribution in [3.05, 3.63) is 134 Å². The first-order valence-corrected chi connectivity index (χ1v) is 14.3. The Morgan fingerprint density at radius 1 is 0.429 bits per heavy atom. The first-order chi connectivity index (χ1) is 20.9. The van der Waals surface area contributed by atoms with Gasteiger partial charge >= 0.3 is 0 Å². The number of benzene rings is 5. The summed E-state index contributed by atoms with van der Waals surface area (Å²) in [5, 5.41) is 7.32. The first kappa shape index (κ1) is 22.0. The van der Waals surface area contributed by atoms with Gasteiger partial charge in [0.05, 0.1) is 27.8 Å². The van der Waals surface area contributed by atoms with E-state index >= 15 is 0 Å². The second-order valence-corrected chi connectivity index (χ2v) is 11.0. The highest BCUT2D eigenvalue weighted by Crippen LogP contribution is 2.47. The van der Waals surface area contributed by atoms with Crippen LogP contribution in [-0.4, -0.2) is 19.1 Å². The molecule has 4 nitrogen and oxygen atoms in total. The molecule has 1 aliphatic rings. The lowest BCUT2D eigenvalue weighted by molar-refractivity contribution is 1.10. The smallest absolute Gasteiger partial charge is 0.145 e. The van der Waals surface area contributed by atoms with Crippen molar-refractivity contribution in [1.29, 1.82) is 0 Å². The fourth-order valence-corrected chi connectivity index (χ4v) is 7.23. The Hall–Kier alpha value is -5.74. The average Bonchev–Trinajstić information content (AvgIpc) is 3.68. The molecule has 194 valence electrons. The van der Waals surface area contributed by atoms with E-state index in [1.165, 1.54) is 43.5 Å². The highest BCUT2D eigenvalue weighted by Gasteiger charge is 2.25. The minimum atomic E-state index is 0.944. The van der Waals surface area contributed by atoms with Gasteiger partial charge in [-0.15, -0.1) is 0 Å². The maximum atomic E-state index is 5.14. The molecule has 4 aromatic heterocycles. The second kappa shape index (κ2) is 7.93. The lowest BCUT2D eigenvalue weighted by Crippen LogP contribution is -1.99. The van der Waals surface area contributed by atoms with Gasteiger partial charge in [-0.1, -0.05) is 78.9 Å². The first-order valence-electron chi connectivity index (χ1n) is 14.3. The lowest BCUT2D eigenvalue weighted by Gasteiger charge is -2.12. The van der Waals surface area contributed by atoms with E-state index in [2.05, 4.69) is 124 Å². The third-order valence-electron chi connectivity index (χ3n) is 8.95. The summed E-state index contributed by atoms with van der Waals surface area (Å²) in [5.74, 6) is 0.944. The standard InChI is InChI=1S/C38H22N4/c1-4-15-32-24(9-1)25-10-2-5-16-33(25)41(32)23-18-19-35-30(21-23)26-11-3-6-17-34(26)42(35)38-29-13-7-12-28-36(29)31(22-40-38)27-14-8-20-39-37(27)28/h1-22H. The summed E-state index contributed by atoms with van der Waals surface area (Å²) >= 11 is 0. The van der Waals surface area contributed by atoms with E-state index in [1.54, 1.807) is 0 Å². The molecule has 9 aromatic rings. The van der Waals surface area contributed by atoms with Crippen LogP contribution >= 0.6 is 0 Å².